The summed E-state index contributed by atoms with van der Waals surface area (Å²) in [6, 6.07) is 5.62. The number of ether oxygens (including phenoxy) is 1. The van der Waals surface area contributed by atoms with Crippen LogP contribution in [-0.2, 0) is 4.74 Å². The van der Waals surface area contributed by atoms with Gasteiger partial charge in [0.05, 0.1) is 5.56 Å². The van der Waals surface area contributed by atoms with Gasteiger partial charge in [0.2, 0.25) is 0 Å². The summed E-state index contributed by atoms with van der Waals surface area (Å²) in [6.07, 6.45) is 6.52. The highest BCUT2D eigenvalue weighted by Crippen LogP contribution is 2.09. The molecular formula is C9H6O3. The fourth-order valence-electron chi connectivity index (χ4n) is 0.710. The number of aromatic hydroxyl groups is 1. The fraction of sp³-hybridized carbons (Fsp3) is 0. The average Bonchev–Trinajstić information content (AvgIpc) is 2.06. The Labute approximate surface area is 69.6 Å². The molecule has 1 aromatic rings. The van der Waals surface area contributed by atoms with Crippen molar-refractivity contribution in [3.63, 3.8) is 0 Å². The Morgan fingerprint density at radius 3 is 2.50 bits per heavy atom. The minimum absolute atomic E-state index is 0.0901. The zero-order valence-electron chi connectivity index (χ0n) is 6.15. The van der Waals surface area contributed by atoms with E-state index in [9.17, 15) is 4.79 Å². The number of esters is 1. The normalized spacial score (nSPS) is 8.58. The monoisotopic (exact) mass is 162 g/mol. The van der Waals surface area contributed by atoms with Gasteiger partial charge in [0.1, 0.15) is 11.9 Å². The minimum Gasteiger partial charge on any atom is -0.508 e. The number of hydrogen-bond acceptors (Lipinski definition) is 3. The molecule has 1 N–H and O–H groups in total. The van der Waals surface area contributed by atoms with E-state index in [0.717, 1.165) is 0 Å². The molecule has 0 bridgehead atoms. The number of rotatable bonds is 1. The van der Waals surface area contributed by atoms with E-state index < -0.39 is 5.97 Å². The van der Waals surface area contributed by atoms with Gasteiger partial charge in [-0.2, -0.15) is 0 Å². The van der Waals surface area contributed by atoms with Crippen LogP contribution in [0.1, 0.15) is 10.4 Å². The maximum Gasteiger partial charge on any atom is 0.352 e. The summed E-state index contributed by atoms with van der Waals surface area (Å²) in [6.45, 7) is 0. The van der Waals surface area contributed by atoms with Gasteiger partial charge in [-0.05, 0) is 24.3 Å². The molecule has 3 nitrogen and oxygen atoms in total. The highest BCUT2D eigenvalue weighted by Gasteiger charge is 2.04. The molecule has 1 rings (SSSR count). The quantitative estimate of drug-likeness (QED) is 0.497. The molecule has 3 heteroatoms. The summed E-state index contributed by atoms with van der Waals surface area (Å²) >= 11 is 0. The first-order valence-electron chi connectivity index (χ1n) is 3.20. The Hall–Kier alpha value is -1.95. The van der Waals surface area contributed by atoms with Crippen molar-refractivity contribution in [2.75, 3.05) is 0 Å². The zero-order valence-corrected chi connectivity index (χ0v) is 6.15. The van der Waals surface area contributed by atoms with E-state index in [0.29, 0.717) is 5.56 Å². The lowest BCUT2D eigenvalue weighted by Crippen LogP contribution is -1.99. The number of hydrogen-bond donors (Lipinski definition) is 1. The first kappa shape index (κ1) is 8.15. The number of carbonyl (C=O) groups is 1. The third kappa shape index (κ3) is 1.77. The minimum atomic E-state index is -0.600. The molecule has 60 valence electrons. The molecule has 0 fully saturated rings. The number of benzene rings is 1. The topological polar surface area (TPSA) is 46.5 Å². The molecule has 0 aliphatic heterocycles. The van der Waals surface area contributed by atoms with Crippen molar-refractivity contribution in [3.8, 4) is 18.3 Å². The van der Waals surface area contributed by atoms with Gasteiger partial charge in [-0.25, -0.2) is 4.79 Å². The molecule has 0 amide bonds. The van der Waals surface area contributed by atoms with Crippen LogP contribution in [-0.4, -0.2) is 11.1 Å². The molecule has 0 unspecified atom stereocenters. The van der Waals surface area contributed by atoms with Gasteiger partial charge in [0, 0.05) is 0 Å². The van der Waals surface area contributed by atoms with Crippen LogP contribution >= 0.6 is 0 Å². The molecule has 0 heterocycles. The summed E-state index contributed by atoms with van der Waals surface area (Å²) in [7, 11) is 0. The molecule has 0 atom stereocenters. The third-order valence-electron chi connectivity index (χ3n) is 1.25. The van der Waals surface area contributed by atoms with Crippen molar-refractivity contribution < 1.29 is 14.6 Å². The second kappa shape index (κ2) is 3.44. The third-order valence-corrected chi connectivity index (χ3v) is 1.25. The SMILES string of the molecule is C#COC(=O)c1ccc(O)cc1. The molecule has 0 radical (unpaired) electrons. The van der Waals surface area contributed by atoms with E-state index in [1.165, 1.54) is 24.3 Å². The lowest BCUT2D eigenvalue weighted by atomic mass is 10.2. The van der Waals surface area contributed by atoms with Gasteiger partial charge in [0.15, 0.2) is 0 Å². The van der Waals surface area contributed by atoms with Crippen molar-refractivity contribution in [2.45, 2.75) is 0 Å². The fourth-order valence-corrected chi connectivity index (χ4v) is 0.710. The molecule has 0 spiro atoms. The first-order valence-corrected chi connectivity index (χ1v) is 3.20. The number of carbonyl (C=O) groups excluding carboxylic acids is 1. The molecule has 0 saturated carbocycles. The second-order valence-electron chi connectivity index (χ2n) is 2.05. The van der Waals surface area contributed by atoms with Crippen LogP contribution in [0.3, 0.4) is 0 Å². The Morgan fingerprint density at radius 1 is 1.42 bits per heavy atom. The molecule has 0 saturated heterocycles. The van der Waals surface area contributed by atoms with Crippen molar-refractivity contribution in [1.82, 2.24) is 0 Å². The molecular weight excluding hydrogens is 156 g/mol. The Balaban J connectivity index is 2.84. The van der Waals surface area contributed by atoms with Crippen molar-refractivity contribution in [2.24, 2.45) is 0 Å². The number of phenolic OH excluding ortho intramolecular Hbond substituents is 1. The lowest BCUT2D eigenvalue weighted by molar-refractivity contribution is 0.0691. The van der Waals surface area contributed by atoms with Crippen LogP contribution < -0.4 is 0 Å². The molecule has 0 aliphatic rings. The maximum atomic E-state index is 10.9. The predicted octanol–water partition coefficient (Wildman–Crippen LogP) is 1.14. The maximum absolute atomic E-state index is 10.9. The van der Waals surface area contributed by atoms with E-state index in [2.05, 4.69) is 4.74 Å². The van der Waals surface area contributed by atoms with Crippen molar-refractivity contribution in [3.05, 3.63) is 29.8 Å². The largest absolute Gasteiger partial charge is 0.508 e. The first-order chi connectivity index (χ1) is 5.74. The van der Waals surface area contributed by atoms with Gasteiger partial charge >= 0.3 is 5.97 Å². The Morgan fingerprint density at radius 2 is 2.00 bits per heavy atom. The Bertz CT molecular complexity index is 319. The second-order valence-corrected chi connectivity index (χ2v) is 2.05. The lowest BCUT2D eigenvalue weighted by Gasteiger charge is -1.96. The van der Waals surface area contributed by atoms with Gasteiger partial charge in [-0.15, -0.1) is 0 Å². The van der Waals surface area contributed by atoms with Crippen molar-refractivity contribution in [1.29, 1.82) is 0 Å². The zero-order chi connectivity index (χ0) is 8.97. The van der Waals surface area contributed by atoms with Crippen LogP contribution in [0, 0.1) is 12.5 Å². The highest BCUT2D eigenvalue weighted by molar-refractivity contribution is 5.90. The standard InChI is InChI=1S/C9H6O3/c1-2-12-9(11)7-3-5-8(10)6-4-7/h1,3-6,10H. The summed E-state index contributed by atoms with van der Waals surface area (Å²) in [5.41, 5.74) is 0.311. The highest BCUT2D eigenvalue weighted by atomic mass is 16.5. The summed E-state index contributed by atoms with van der Waals surface area (Å²) in [4.78, 5) is 10.9. The average molecular weight is 162 g/mol. The van der Waals surface area contributed by atoms with Gasteiger partial charge < -0.3 is 9.84 Å². The smallest absolute Gasteiger partial charge is 0.352 e. The van der Waals surface area contributed by atoms with Crippen LogP contribution in [0.5, 0.6) is 5.75 Å². The number of terminal acetylenes is 1. The van der Waals surface area contributed by atoms with Crippen molar-refractivity contribution >= 4 is 5.97 Å². The molecule has 1 aromatic carbocycles. The Kier molecular flexibility index (Phi) is 2.34. The molecule has 0 aromatic heterocycles. The number of phenols is 1. The predicted molar refractivity (Wildman–Crippen MR) is 42.4 cm³/mol. The van der Waals surface area contributed by atoms with E-state index in [1.807, 2.05) is 0 Å². The summed E-state index contributed by atoms with van der Waals surface area (Å²) in [5.74, 6) is -0.509. The van der Waals surface area contributed by atoms with Gasteiger partial charge in [0.25, 0.3) is 0 Å². The summed E-state index contributed by atoms with van der Waals surface area (Å²) in [5, 5.41) is 8.88. The molecule has 12 heavy (non-hydrogen) atoms. The van der Waals surface area contributed by atoms with E-state index >= 15 is 0 Å². The van der Waals surface area contributed by atoms with E-state index in [1.54, 1.807) is 6.11 Å². The van der Waals surface area contributed by atoms with Crippen LogP contribution in [0.2, 0.25) is 0 Å². The van der Waals surface area contributed by atoms with Gasteiger partial charge in [-0.3, -0.25) is 0 Å². The summed E-state index contributed by atoms with van der Waals surface area (Å²) < 4.78 is 4.27. The molecule has 0 aliphatic carbocycles. The van der Waals surface area contributed by atoms with E-state index in [-0.39, 0.29) is 5.75 Å². The van der Waals surface area contributed by atoms with Crippen LogP contribution in [0.4, 0.5) is 0 Å². The van der Waals surface area contributed by atoms with Crippen LogP contribution in [0.15, 0.2) is 24.3 Å². The van der Waals surface area contributed by atoms with Gasteiger partial charge in [-0.1, -0.05) is 6.42 Å². The van der Waals surface area contributed by atoms with E-state index in [4.69, 9.17) is 11.5 Å². The van der Waals surface area contributed by atoms with Crippen LogP contribution in [0.25, 0.3) is 0 Å².